The minimum Gasteiger partial charge on any atom is -0.496 e. The van der Waals surface area contributed by atoms with Crippen LogP contribution in [-0.2, 0) is 22.6 Å². The van der Waals surface area contributed by atoms with Crippen LogP contribution in [0.5, 0.6) is 5.75 Å². The molecule has 1 aromatic carbocycles. The van der Waals surface area contributed by atoms with Crippen LogP contribution < -0.4 is 10.1 Å². The van der Waals surface area contributed by atoms with Gasteiger partial charge >= 0.3 is 0 Å². The second-order valence-corrected chi connectivity index (χ2v) is 8.15. The van der Waals surface area contributed by atoms with Crippen LogP contribution in [0.15, 0.2) is 30.3 Å². The van der Waals surface area contributed by atoms with E-state index in [1.165, 1.54) is 11.8 Å². The first-order valence-electron chi connectivity index (χ1n) is 11.1. The predicted molar refractivity (Wildman–Crippen MR) is 125 cm³/mol. The van der Waals surface area contributed by atoms with Crippen LogP contribution in [0.25, 0.3) is 11.5 Å². The van der Waals surface area contributed by atoms with Crippen LogP contribution in [-0.4, -0.2) is 74.4 Å². The maximum Gasteiger partial charge on any atom is 0.260 e. The maximum absolute atomic E-state index is 13.2. The van der Waals surface area contributed by atoms with Crippen LogP contribution in [0, 0.1) is 0 Å². The van der Waals surface area contributed by atoms with Crippen molar-refractivity contribution in [2.24, 2.45) is 0 Å². The first-order chi connectivity index (χ1) is 16.9. The number of hydrogen-bond acceptors (Lipinski definition) is 9. The van der Waals surface area contributed by atoms with Gasteiger partial charge in [-0.25, -0.2) is 9.67 Å². The van der Waals surface area contributed by atoms with Crippen LogP contribution in [0.1, 0.15) is 40.9 Å². The van der Waals surface area contributed by atoms with Crippen molar-refractivity contribution in [3.63, 3.8) is 0 Å². The van der Waals surface area contributed by atoms with E-state index in [9.17, 15) is 14.7 Å². The lowest BCUT2D eigenvalue weighted by molar-refractivity contribution is -0.132. The van der Waals surface area contributed by atoms with Crippen molar-refractivity contribution in [2.45, 2.75) is 32.5 Å². The molecule has 0 spiro atoms. The van der Waals surface area contributed by atoms with Crippen molar-refractivity contribution in [1.29, 1.82) is 0 Å². The lowest BCUT2D eigenvalue weighted by Gasteiger charge is -2.14. The highest BCUT2D eigenvalue weighted by molar-refractivity contribution is 6.06. The van der Waals surface area contributed by atoms with Gasteiger partial charge in [0.25, 0.3) is 5.91 Å². The summed E-state index contributed by atoms with van der Waals surface area (Å²) in [5.41, 5.74) is 2.61. The third-order valence-corrected chi connectivity index (χ3v) is 5.76. The van der Waals surface area contributed by atoms with Crippen molar-refractivity contribution in [2.75, 3.05) is 32.8 Å². The molecule has 0 unspecified atom stereocenters. The minimum atomic E-state index is -0.401. The standard InChI is InChI=1S/C23H27N7O5/c1-14(13-31)30-22(26-27-28-30)18-5-4-6-20(24-18)25-23(33)17-9-15-11-29(21(32)7-8-34-2)12-16(15)10-19(17)35-3/h4-6,9-10,14,31H,7-8,11-13H2,1-3H3,(H,24,25,33)/t14-/m1/s1. The van der Waals surface area contributed by atoms with Crippen molar-refractivity contribution in [3.8, 4) is 17.3 Å². The topological polar surface area (TPSA) is 145 Å². The van der Waals surface area contributed by atoms with Crippen LogP contribution in [0.2, 0.25) is 0 Å². The van der Waals surface area contributed by atoms with E-state index in [4.69, 9.17) is 9.47 Å². The van der Waals surface area contributed by atoms with E-state index in [1.807, 2.05) is 0 Å². The zero-order chi connectivity index (χ0) is 24.9. The van der Waals surface area contributed by atoms with Gasteiger partial charge in [-0.3, -0.25) is 9.59 Å². The molecular formula is C23H27N7O5. The average Bonchev–Trinajstić information content (AvgIpc) is 3.53. The lowest BCUT2D eigenvalue weighted by atomic mass is 10.0. The summed E-state index contributed by atoms with van der Waals surface area (Å²) in [6.45, 7) is 2.88. The number of benzene rings is 1. The SMILES string of the molecule is COCCC(=O)N1Cc2cc(OC)c(C(=O)Nc3cccc(-c4nnnn4[C@H](C)CO)n3)cc2C1. The van der Waals surface area contributed by atoms with Crippen LogP contribution in [0.3, 0.4) is 0 Å². The number of aromatic nitrogens is 5. The van der Waals surface area contributed by atoms with E-state index in [1.54, 1.807) is 49.3 Å². The number of pyridine rings is 1. The van der Waals surface area contributed by atoms with E-state index in [2.05, 4.69) is 25.8 Å². The minimum absolute atomic E-state index is 0.00751. The smallest absolute Gasteiger partial charge is 0.260 e. The molecule has 1 aliphatic heterocycles. The molecule has 12 heteroatoms. The quantitative estimate of drug-likeness (QED) is 0.463. The summed E-state index contributed by atoms with van der Waals surface area (Å²) >= 11 is 0. The zero-order valence-corrected chi connectivity index (χ0v) is 19.8. The summed E-state index contributed by atoms with van der Waals surface area (Å²) in [6.07, 6.45) is 0.303. The first-order valence-corrected chi connectivity index (χ1v) is 11.1. The summed E-state index contributed by atoms with van der Waals surface area (Å²) in [7, 11) is 3.06. The molecule has 2 aromatic heterocycles. The van der Waals surface area contributed by atoms with Gasteiger partial charge in [-0.15, -0.1) is 5.10 Å². The Morgan fingerprint density at radius 2 is 1.97 bits per heavy atom. The summed E-state index contributed by atoms with van der Waals surface area (Å²) in [5.74, 6) is 0.673. The molecule has 1 aliphatic rings. The van der Waals surface area contributed by atoms with Crippen molar-refractivity contribution in [1.82, 2.24) is 30.1 Å². The Morgan fingerprint density at radius 3 is 2.69 bits per heavy atom. The molecule has 0 fully saturated rings. The number of carbonyl (C=O) groups is 2. The molecule has 35 heavy (non-hydrogen) atoms. The van der Waals surface area contributed by atoms with Crippen LogP contribution >= 0.6 is 0 Å². The molecule has 12 nitrogen and oxygen atoms in total. The molecule has 3 aromatic rings. The molecule has 4 rings (SSSR count). The second kappa shape index (κ2) is 10.6. The van der Waals surface area contributed by atoms with Gasteiger partial charge in [0, 0.05) is 20.2 Å². The number of methoxy groups -OCH3 is 2. The second-order valence-electron chi connectivity index (χ2n) is 8.15. The average molecular weight is 482 g/mol. The third-order valence-electron chi connectivity index (χ3n) is 5.76. The van der Waals surface area contributed by atoms with E-state index >= 15 is 0 Å². The van der Waals surface area contributed by atoms with E-state index < -0.39 is 5.91 Å². The normalized spacial score (nSPS) is 13.4. The number of nitrogens with zero attached hydrogens (tertiary/aromatic N) is 6. The molecule has 0 saturated heterocycles. The molecule has 2 N–H and O–H groups in total. The predicted octanol–water partition coefficient (Wildman–Crippen LogP) is 1.43. The third kappa shape index (κ3) is 5.12. The number of amides is 2. The fourth-order valence-corrected chi connectivity index (χ4v) is 3.85. The fourth-order valence-electron chi connectivity index (χ4n) is 3.85. The Morgan fingerprint density at radius 1 is 1.20 bits per heavy atom. The summed E-state index contributed by atoms with van der Waals surface area (Å²) in [4.78, 5) is 31.8. The summed E-state index contributed by atoms with van der Waals surface area (Å²) in [5, 5.41) is 23.8. The van der Waals surface area contributed by atoms with Gasteiger partial charge in [-0.2, -0.15) is 0 Å². The van der Waals surface area contributed by atoms with Crippen molar-refractivity contribution >= 4 is 17.6 Å². The van der Waals surface area contributed by atoms with Crippen molar-refractivity contribution < 1.29 is 24.2 Å². The Hall–Kier alpha value is -3.90. The molecule has 0 saturated carbocycles. The van der Waals surface area contributed by atoms with Gasteiger partial charge < -0.3 is 24.8 Å². The van der Waals surface area contributed by atoms with Gasteiger partial charge in [0.15, 0.2) is 0 Å². The Kier molecular flexibility index (Phi) is 7.32. The molecule has 1 atom stereocenters. The molecular weight excluding hydrogens is 454 g/mol. The largest absolute Gasteiger partial charge is 0.496 e. The number of aliphatic hydroxyl groups excluding tert-OH is 1. The maximum atomic E-state index is 13.2. The highest BCUT2D eigenvalue weighted by Crippen LogP contribution is 2.31. The monoisotopic (exact) mass is 481 g/mol. The number of carbonyl (C=O) groups excluding carboxylic acids is 2. The molecule has 0 aliphatic carbocycles. The number of hydrogen-bond donors (Lipinski definition) is 2. The molecule has 184 valence electrons. The van der Waals surface area contributed by atoms with Gasteiger partial charge in [0.2, 0.25) is 11.7 Å². The summed E-state index contributed by atoms with van der Waals surface area (Å²) < 4.78 is 11.9. The number of fused-ring (bicyclic) bond motifs is 1. The van der Waals surface area contributed by atoms with Gasteiger partial charge in [0.1, 0.15) is 17.3 Å². The number of rotatable bonds is 9. The number of ether oxygens (including phenoxy) is 2. The molecule has 0 bridgehead atoms. The Labute approximate surface area is 201 Å². The van der Waals surface area contributed by atoms with E-state index in [0.717, 1.165) is 11.1 Å². The highest BCUT2D eigenvalue weighted by atomic mass is 16.5. The highest BCUT2D eigenvalue weighted by Gasteiger charge is 2.26. The van der Waals surface area contributed by atoms with Gasteiger partial charge in [-0.05, 0) is 52.7 Å². The number of aliphatic hydroxyl groups is 1. The van der Waals surface area contributed by atoms with Gasteiger partial charge in [-0.1, -0.05) is 6.07 Å². The number of tetrazole rings is 1. The molecule has 0 radical (unpaired) electrons. The fraction of sp³-hybridized carbons (Fsp3) is 0.391. The van der Waals surface area contributed by atoms with Crippen LogP contribution in [0.4, 0.5) is 5.82 Å². The van der Waals surface area contributed by atoms with E-state index in [0.29, 0.717) is 54.8 Å². The van der Waals surface area contributed by atoms with Gasteiger partial charge in [0.05, 0.1) is 38.3 Å². The first kappa shape index (κ1) is 24.2. The Balaban J connectivity index is 1.54. The molecule has 3 heterocycles. The number of anilines is 1. The van der Waals surface area contributed by atoms with E-state index in [-0.39, 0.29) is 18.6 Å². The lowest BCUT2D eigenvalue weighted by Crippen LogP contribution is -2.26. The molecule has 2 amide bonds. The van der Waals surface area contributed by atoms with Crippen molar-refractivity contribution in [3.05, 3.63) is 47.0 Å². The number of nitrogens with one attached hydrogen (secondary N) is 1. The zero-order valence-electron chi connectivity index (χ0n) is 19.8. The Bertz CT molecular complexity index is 1230. The summed E-state index contributed by atoms with van der Waals surface area (Å²) in [6, 6.07) is 8.30.